The summed E-state index contributed by atoms with van der Waals surface area (Å²) in [4.78, 5) is 0. The van der Waals surface area contributed by atoms with E-state index in [4.69, 9.17) is 0 Å². The molecule has 0 aliphatic rings. The molecule has 0 bridgehead atoms. The van der Waals surface area contributed by atoms with E-state index in [0.717, 1.165) is 0 Å². The molecule has 890 valence electrons. The molecule has 0 aromatic heterocycles. The van der Waals surface area contributed by atoms with Gasteiger partial charge in [-0.05, 0) is 0 Å². The van der Waals surface area contributed by atoms with Crippen LogP contribution in [0.15, 0.2) is 0 Å². The first kappa shape index (κ1) is 220. The van der Waals surface area contributed by atoms with Crippen molar-refractivity contribution < 1.29 is 13.3 Å². The summed E-state index contributed by atoms with van der Waals surface area (Å²) in [7, 11) is -39.2. The third kappa shape index (κ3) is 89.5. The third-order valence-electron chi connectivity index (χ3n) is 5.02. The zero-order valence-electron chi connectivity index (χ0n) is 48.0. The molecule has 0 aromatic rings. The molecular formula is I127-. The molecule has 0 aliphatic heterocycles. The summed E-state index contributed by atoms with van der Waals surface area (Å²) in [5, 5.41) is 0. The summed E-state index contributed by atoms with van der Waals surface area (Å²) in [5.74, 6) is 0. The standard InChI is InChI=1S/I127/c1-65-67(4)69(6)71(8)73(10)75(12)77(14)79(16)81(18)83(20)85(22)87(24)89(26)91(28)93(30)95(32)97(34)99(36)101(38)103(40)105(42)107(44)109(46)111(48)113(50)115(52)117(54)119(56)121(58)123(60)125(62)127(64)126(63)124(61)122(59)120(57)118(55)116(53)114(51)112(49)110(47)108(45)106(43)104(41)102(39)100(37)98(35)96(33)94(31)92(29)90(27)88(25)86(23)84(21)82(19)80(17)78(15)76(13)74(11)72(9)70(7)68(5)66(2)3/q-1. The van der Waals surface area contributed by atoms with Crippen LogP contribution in [0, 0.1) is 0 Å². The van der Waals surface area contributed by atoms with E-state index in [-0.39, 0.29) is 0 Å². The second-order valence-corrected chi connectivity index (χ2v) is 3050. The molecular weight excluding hydrogens is 16100 g/mol. The number of hydrogen-bond acceptors (Lipinski definition) is 0. The van der Waals surface area contributed by atoms with Gasteiger partial charge in [0.15, 0.2) is 0 Å². The fourth-order valence-corrected chi connectivity index (χ4v) is 25400. The van der Waals surface area contributed by atoms with Crippen LogP contribution in [-0.2, 0) is 0 Å². The minimum atomic E-state index is -0.680. The molecule has 0 unspecified atom stereocenters. The van der Waals surface area contributed by atoms with Crippen molar-refractivity contribution in [2.75, 3.05) is 0 Å². The molecule has 0 aliphatic carbocycles. The van der Waals surface area contributed by atoms with Gasteiger partial charge in [-0.3, -0.25) is 0 Å². The molecule has 0 N–H and O–H groups in total. The van der Waals surface area contributed by atoms with E-state index in [9.17, 15) is 0 Å². The van der Waals surface area contributed by atoms with Crippen LogP contribution < -0.4 is 13.3 Å². The number of rotatable bonds is 62. The Hall–Kier alpha value is 92.7. The van der Waals surface area contributed by atoms with E-state index >= 15 is 0 Å². The molecule has 0 spiro atoms. The Bertz CT molecular complexity index is 2660. The van der Waals surface area contributed by atoms with Gasteiger partial charge >= 0.3 is 1690 Å². The van der Waals surface area contributed by atoms with Crippen LogP contribution in [0.5, 0.6) is 0 Å². The maximum absolute atomic E-state index is 3.50. The van der Waals surface area contributed by atoms with Gasteiger partial charge in [-0.1, -0.05) is 0 Å². The van der Waals surface area contributed by atoms with E-state index in [2.05, 4.69) is 1190 Å². The number of halogens is 127. The van der Waals surface area contributed by atoms with Gasteiger partial charge in [-0.15, -0.1) is 0 Å². The van der Waals surface area contributed by atoms with Crippen molar-refractivity contribution in [1.82, 2.24) is 0 Å². The SMILES string of the molecule is I[I-]I(I)I(I)I(I)I(I)I(I)I(I)I(I)I(I)I(I)I(I)I(I)I(I)I(I)I(I)I(I)I(I)I(I)I(I)I(I)I(I)I(I)I(I)I(I)I(I)I(I)I(I)I(I)I(I)I(I)I(I)I(I)I(I)I(I)I(I)I(I)I(I)I(I)I(I)I(I)I(I)I(I)I(I)I(I)I(I)I(I)I(I)I(I)I(I)I(I)I(I)I(I)I(I)I(I)I(I)I(I)I(I)I(I)I(I)I(I)I(I)I(I)I(I)I. The Balaban J connectivity index is 5.98. The van der Waals surface area contributed by atoms with E-state index in [0.29, 0.717) is 13.3 Å². The van der Waals surface area contributed by atoms with Crippen LogP contribution in [0.1, 0.15) is 0 Å². The van der Waals surface area contributed by atoms with Gasteiger partial charge in [0.2, 0.25) is 0 Å². The Labute approximate surface area is 1590 Å². The van der Waals surface area contributed by atoms with Crippen LogP contribution in [0.3, 0.4) is 0 Å². The predicted molar refractivity (Wildman–Crippen MR) is 1770 cm³/mol. The molecule has 0 amide bonds. The van der Waals surface area contributed by atoms with E-state index in [1.807, 2.05) is 0 Å². The van der Waals surface area contributed by atoms with Crippen molar-refractivity contribution >= 4 is 1680 Å². The molecule has 0 saturated carbocycles. The van der Waals surface area contributed by atoms with Crippen LogP contribution >= 0.6 is 1680 Å². The predicted octanol–water partition coefficient (Wildman–Crippen LogP) is 109. The van der Waals surface area contributed by atoms with Gasteiger partial charge in [0.05, 0.1) is 0 Å². The third-order valence-corrected chi connectivity index (χ3v) is 10200. The van der Waals surface area contributed by atoms with Gasteiger partial charge in [0, 0.05) is 0 Å². The Morgan fingerprint density at radius 1 is 0.0709 bits per heavy atom. The van der Waals surface area contributed by atoms with Gasteiger partial charge in [0.1, 0.15) is 0 Å². The van der Waals surface area contributed by atoms with Crippen molar-refractivity contribution in [2.45, 2.75) is 0 Å². The van der Waals surface area contributed by atoms with Crippen LogP contribution in [0.2, 0.25) is 0 Å². The van der Waals surface area contributed by atoms with Crippen LogP contribution in [0.25, 0.3) is 0 Å². The zero-order valence-corrected chi connectivity index (χ0v) is 322. The fourth-order valence-electron chi connectivity index (χ4n) is 1.87. The van der Waals surface area contributed by atoms with Crippen molar-refractivity contribution in [3.63, 3.8) is 0 Å². The van der Waals surface area contributed by atoms with Gasteiger partial charge in [-0.25, -0.2) is 0 Å². The molecule has 127 heavy (non-hydrogen) atoms. The fraction of sp³-hybridized carbons (Fsp3) is 0. The number of hydrogen-bond donors (Lipinski definition) is 0. The Morgan fingerprint density at radius 2 is 0.118 bits per heavy atom. The average Bonchev–Trinajstić information content (AvgIpc) is 0.817. The van der Waals surface area contributed by atoms with E-state index < -0.39 is 489 Å². The van der Waals surface area contributed by atoms with Gasteiger partial charge in [-0.2, -0.15) is 0 Å². The van der Waals surface area contributed by atoms with E-state index in [1.165, 1.54) is 0 Å². The molecule has 0 radical (unpaired) electrons. The summed E-state index contributed by atoms with van der Waals surface area (Å²) in [5.41, 5.74) is 0. The molecule has 0 nitrogen and oxygen atoms in total. The first-order chi connectivity index (χ1) is 57.8. The summed E-state index contributed by atoms with van der Waals surface area (Å²) >= 11 is 220. The van der Waals surface area contributed by atoms with Crippen molar-refractivity contribution in [3.05, 3.63) is 0 Å². The molecule has 0 atom stereocenters. The molecule has 0 heterocycles. The molecule has 0 rings (SSSR count). The molecule has 0 saturated heterocycles. The normalized spacial score (nSPS) is 19.2. The molecule has 127 heteroatoms. The summed E-state index contributed by atoms with van der Waals surface area (Å²) in [6, 6.07) is 0. The molecule has 0 fully saturated rings. The first-order valence-corrected chi connectivity index (χ1v) is 810. The van der Waals surface area contributed by atoms with Gasteiger partial charge < -0.3 is 0 Å². The summed E-state index contributed by atoms with van der Waals surface area (Å²) in [6.07, 6.45) is 0. The van der Waals surface area contributed by atoms with Crippen LogP contribution in [-0.4, -0.2) is 0 Å². The van der Waals surface area contributed by atoms with Crippen LogP contribution in [0.4, 0.5) is 0 Å². The molecule has 0 aromatic carbocycles. The first-order valence-electron chi connectivity index (χ1n) is 18.0. The monoisotopic (exact) mass is 16100 g/mol. The van der Waals surface area contributed by atoms with Gasteiger partial charge in [0.25, 0.3) is 0 Å². The average molecular weight is 16100 g/mol. The summed E-state index contributed by atoms with van der Waals surface area (Å²) < 4.78 is 0. The maximum atomic E-state index is 3.50. The Morgan fingerprint density at radius 3 is 0.165 bits per heavy atom. The van der Waals surface area contributed by atoms with E-state index in [1.54, 1.807) is 0 Å². The second-order valence-electron chi connectivity index (χ2n) is 10.1. The van der Waals surface area contributed by atoms with Crippen molar-refractivity contribution in [2.24, 2.45) is 0 Å². The van der Waals surface area contributed by atoms with Crippen molar-refractivity contribution in [3.8, 4) is 0 Å². The zero-order chi connectivity index (χ0) is 101. The minimum absolute atomic E-state index is 0.428. The topological polar surface area (TPSA) is 0 Å². The van der Waals surface area contributed by atoms with Crippen molar-refractivity contribution in [1.29, 1.82) is 0 Å². The summed E-state index contributed by atoms with van der Waals surface area (Å²) in [6.45, 7) is 0. The Kier molecular flexibility index (Phi) is 229. The second kappa shape index (κ2) is 132. The quantitative estimate of drug-likeness (QED) is 0.0533.